The van der Waals surface area contributed by atoms with Crippen molar-refractivity contribution < 1.29 is 4.74 Å². The molecule has 0 fully saturated rings. The van der Waals surface area contributed by atoms with E-state index in [4.69, 9.17) is 10.5 Å². The largest absolute Gasteiger partial charge is 0.492 e. The molecule has 0 unspecified atom stereocenters. The lowest BCUT2D eigenvalue weighted by molar-refractivity contribution is 0.341. The zero-order valence-electron chi connectivity index (χ0n) is 11.6. The van der Waals surface area contributed by atoms with Crippen molar-refractivity contribution in [3.8, 4) is 5.75 Å². The van der Waals surface area contributed by atoms with E-state index < -0.39 is 0 Å². The summed E-state index contributed by atoms with van der Waals surface area (Å²) < 4.78 is 5.52. The minimum atomic E-state index is 0.627. The van der Waals surface area contributed by atoms with Crippen molar-refractivity contribution in [2.75, 3.05) is 12.3 Å². The van der Waals surface area contributed by atoms with Gasteiger partial charge in [0.2, 0.25) is 0 Å². The van der Waals surface area contributed by atoms with Gasteiger partial charge in [0, 0.05) is 9.79 Å². The van der Waals surface area contributed by atoms with E-state index in [1.165, 1.54) is 16.0 Å². The van der Waals surface area contributed by atoms with E-state index >= 15 is 0 Å². The van der Waals surface area contributed by atoms with Gasteiger partial charge in [-0.25, -0.2) is 0 Å². The summed E-state index contributed by atoms with van der Waals surface area (Å²) in [6.07, 6.45) is 0. The van der Waals surface area contributed by atoms with Crippen LogP contribution in [0.15, 0.2) is 46.2 Å². The number of nitrogens with two attached hydrogens (primary N) is 1. The Hall–Kier alpha value is -1.61. The Labute approximate surface area is 119 Å². The van der Waals surface area contributed by atoms with Gasteiger partial charge in [0.1, 0.15) is 5.75 Å². The predicted molar refractivity (Wildman–Crippen MR) is 82.1 cm³/mol. The number of ether oxygens (including phenoxy) is 1. The molecule has 19 heavy (non-hydrogen) atoms. The third kappa shape index (κ3) is 3.44. The van der Waals surface area contributed by atoms with E-state index in [1.54, 1.807) is 11.8 Å². The minimum Gasteiger partial charge on any atom is -0.492 e. The van der Waals surface area contributed by atoms with Crippen LogP contribution in [0.3, 0.4) is 0 Å². The second-order valence-electron chi connectivity index (χ2n) is 4.48. The molecule has 0 spiro atoms. The van der Waals surface area contributed by atoms with E-state index in [9.17, 15) is 0 Å². The summed E-state index contributed by atoms with van der Waals surface area (Å²) in [5.41, 5.74) is 9.19. The molecule has 2 N–H and O–H groups in total. The molecular formula is C16H19NOS. The molecule has 0 aliphatic heterocycles. The first-order valence-corrected chi connectivity index (χ1v) is 7.19. The first-order valence-electron chi connectivity index (χ1n) is 6.37. The molecule has 0 heterocycles. The lowest BCUT2D eigenvalue weighted by Gasteiger charge is -2.09. The predicted octanol–water partition coefficient (Wildman–Crippen LogP) is 4.44. The van der Waals surface area contributed by atoms with Crippen molar-refractivity contribution in [1.29, 1.82) is 0 Å². The summed E-state index contributed by atoms with van der Waals surface area (Å²) in [6.45, 7) is 6.85. The molecule has 0 amide bonds. The van der Waals surface area contributed by atoms with Crippen molar-refractivity contribution in [2.45, 2.75) is 30.6 Å². The highest BCUT2D eigenvalue weighted by molar-refractivity contribution is 7.99. The topological polar surface area (TPSA) is 35.2 Å². The van der Waals surface area contributed by atoms with E-state index in [-0.39, 0.29) is 0 Å². The molecule has 0 radical (unpaired) electrons. The van der Waals surface area contributed by atoms with Gasteiger partial charge < -0.3 is 10.5 Å². The van der Waals surface area contributed by atoms with Crippen molar-refractivity contribution in [3.63, 3.8) is 0 Å². The molecule has 2 rings (SSSR count). The second-order valence-corrected chi connectivity index (χ2v) is 5.63. The maximum Gasteiger partial charge on any atom is 0.143 e. The van der Waals surface area contributed by atoms with Gasteiger partial charge in [-0.1, -0.05) is 17.8 Å². The summed E-state index contributed by atoms with van der Waals surface area (Å²) >= 11 is 1.72. The van der Waals surface area contributed by atoms with Crippen molar-refractivity contribution in [3.05, 3.63) is 47.5 Å². The van der Waals surface area contributed by atoms with Gasteiger partial charge in [0.15, 0.2) is 0 Å². The average molecular weight is 273 g/mol. The zero-order valence-corrected chi connectivity index (χ0v) is 12.4. The molecule has 0 saturated heterocycles. The first kappa shape index (κ1) is 13.8. The van der Waals surface area contributed by atoms with Crippen LogP contribution in [-0.4, -0.2) is 6.61 Å². The summed E-state index contributed by atoms with van der Waals surface area (Å²) in [6, 6.07) is 12.4. The Balaban J connectivity index is 2.22. The Morgan fingerprint density at radius 3 is 2.37 bits per heavy atom. The van der Waals surface area contributed by atoms with Crippen LogP contribution in [0.2, 0.25) is 0 Å². The van der Waals surface area contributed by atoms with Crippen LogP contribution >= 0.6 is 11.8 Å². The highest BCUT2D eigenvalue weighted by Crippen LogP contribution is 2.33. The Kier molecular flexibility index (Phi) is 4.38. The van der Waals surface area contributed by atoms with Crippen LogP contribution in [0.5, 0.6) is 5.75 Å². The highest BCUT2D eigenvalue weighted by atomic mass is 32.2. The molecule has 2 aromatic rings. The van der Waals surface area contributed by atoms with Crippen LogP contribution in [0.1, 0.15) is 18.1 Å². The minimum absolute atomic E-state index is 0.627. The van der Waals surface area contributed by atoms with Gasteiger partial charge in [0.05, 0.1) is 12.3 Å². The molecular weight excluding hydrogens is 254 g/mol. The SMILES string of the molecule is CCOc1cc(Sc2ccc(C)c(C)c2)ccc1N. The fourth-order valence-electron chi connectivity index (χ4n) is 1.77. The fraction of sp³-hybridized carbons (Fsp3) is 0.250. The van der Waals surface area contributed by atoms with Crippen molar-refractivity contribution >= 4 is 17.4 Å². The number of hydrogen-bond acceptors (Lipinski definition) is 3. The van der Waals surface area contributed by atoms with Gasteiger partial charge in [-0.15, -0.1) is 0 Å². The summed E-state index contributed by atoms with van der Waals surface area (Å²) in [5, 5.41) is 0. The zero-order chi connectivity index (χ0) is 13.8. The van der Waals surface area contributed by atoms with Crippen LogP contribution in [-0.2, 0) is 0 Å². The number of aryl methyl sites for hydroxylation is 2. The van der Waals surface area contributed by atoms with Crippen LogP contribution < -0.4 is 10.5 Å². The molecule has 0 aromatic heterocycles. The molecule has 2 aromatic carbocycles. The number of anilines is 1. The number of rotatable bonds is 4. The molecule has 2 nitrogen and oxygen atoms in total. The third-order valence-corrected chi connectivity index (χ3v) is 3.98. The molecule has 100 valence electrons. The van der Waals surface area contributed by atoms with Gasteiger partial charge >= 0.3 is 0 Å². The maximum atomic E-state index is 5.88. The molecule has 3 heteroatoms. The van der Waals surface area contributed by atoms with Crippen LogP contribution in [0.25, 0.3) is 0 Å². The normalized spacial score (nSPS) is 10.5. The van der Waals surface area contributed by atoms with E-state index in [0.29, 0.717) is 12.3 Å². The summed E-state index contributed by atoms with van der Waals surface area (Å²) in [5.74, 6) is 0.760. The summed E-state index contributed by atoms with van der Waals surface area (Å²) in [4.78, 5) is 2.37. The number of nitrogen functional groups attached to an aromatic ring is 1. The van der Waals surface area contributed by atoms with Gasteiger partial charge in [-0.05, 0) is 62.2 Å². The second kappa shape index (κ2) is 6.02. The standard InChI is InChI=1S/C16H19NOS/c1-4-18-16-10-14(7-8-15(16)17)19-13-6-5-11(2)12(3)9-13/h5-10H,4,17H2,1-3H3. The quantitative estimate of drug-likeness (QED) is 0.837. The lowest BCUT2D eigenvalue weighted by atomic mass is 10.1. The smallest absolute Gasteiger partial charge is 0.143 e. The van der Waals surface area contributed by atoms with Crippen LogP contribution in [0, 0.1) is 13.8 Å². The van der Waals surface area contributed by atoms with E-state index in [0.717, 1.165) is 10.6 Å². The number of hydrogen-bond donors (Lipinski definition) is 1. The average Bonchev–Trinajstić information content (AvgIpc) is 2.38. The van der Waals surface area contributed by atoms with E-state index in [2.05, 4.69) is 32.0 Å². The fourth-order valence-corrected chi connectivity index (χ4v) is 2.72. The Morgan fingerprint density at radius 1 is 1.00 bits per heavy atom. The van der Waals surface area contributed by atoms with Gasteiger partial charge in [0.25, 0.3) is 0 Å². The molecule has 0 bridgehead atoms. The Morgan fingerprint density at radius 2 is 1.68 bits per heavy atom. The Bertz CT molecular complexity index is 581. The third-order valence-electron chi connectivity index (χ3n) is 3.00. The summed E-state index contributed by atoms with van der Waals surface area (Å²) in [7, 11) is 0. The molecule has 0 aliphatic carbocycles. The molecule has 0 saturated carbocycles. The molecule has 0 aliphatic rings. The van der Waals surface area contributed by atoms with Crippen molar-refractivity contribution in [1.82, 2.24) is 0 Å². The maximum absolute atomic E-state index is 5.88. The van der Waals surface area contributed by atoms with Crippen LogP contribution in [0.4, 0.5) is 5.69 Å². The van der Waals surface area contributed by atoms with Gasteiger partial charge in [-0.2, -0.15) is 0 Å². The molecule has 0 atom stereocenters. The number of benzene rings is 2. The highest BCUT2D eigenvalue weighted by Gasteiger charge is 2.04. The first-order chi connectivity index (χ1) is 9.10. The monoisotopic (exact) mass is 273 g/mol. The lowest BCUT2D eigenvalue weighted by Crippen LogP contribution is -1.96. The van der Waals surface area contributed by atoms with Gasteiger partial charge in [-0.3, -0.25) is 0 Å². The van der Waals surface area contributed by atoms with E-state index in [1.807, 2.05) is 25.1 Å². The van der Waals surface area contributed by atoms with Crippen molar-refractivity contribution in [2.24, 2.45) is 0 Å².